The second-order valence-corrected chi connectivity index (χ2v) is 5.33. The van der Waals surface area contributed by atoms with Gasteiger partial charge in [-0.1, -0.05) is 19.8 Å². The van der Waals surface area contributed by atoms with Gasteiger partial charge in [0.1, 0.15) is 0 Å². The number of rotatable bonds is 9. The Bertz CT molecular complexity index is 213. The topological polar surface area (TPSA) is 15.3 Å². The molecule has 1 saturated carbocycles. The molecule has 0 saturated heterocycles. The summed E-state index contributed by atoms with van der Waals surface area (Å²) in [7, 11) is 0. The molecule has 1 aliphatic carbocycles. The standard InChI is InChI=1S/C14H26N2/c1-4-9-16(12-14-6-7-14)10-5-8-15-11-13(2)3/h1,13-15H,5-12H2,2-3H3. The Morgan fingerprint density at radius 1 is 1.44 bits per heavy atom. The molecule has 92 valence electrons. The van der Waals surface area contributed by atoms with Crippen molar-refractivity contribution in [2.75, 3.05) is 32.7 Å². The molecule has 1 aliphatic rings. The molecule has 0 amide bonds. The lowest BCUT2D eigenvalue weighted by atomic mass is 10.2. The van der Waals surface area contributed by atoms with E-state index in [2.05, 4.69) is 30.0 Å². The fraction of sp³-hybridized carbons (Fsp3) is 0.857. The van der Waals surface area contributed by atoms with E-state index in [1.54, 1.807) is 0 Å². The second kappa shape index (κ2) is 7.70. The van der Waals surface area contributed by atoms with Gasteiger partial charge in [0.2, 0.25) is 0 Å². The van der Waals surface area contributed by atoms with E-state index in [0.29, 0.717) is 0 Å². The van der Waals surface area contributed by atoms with Gasteiger partial charge in [0.25, 0.3) is 0 Å². The van der Waals surface area contributed by atoms with Crippen LogP contribution < -0.4 is 5.32 Å². The van der Waals surface area contributed by atoms with Gasteiger partial charge in [-0.3, -0.25) is 4.90 Å². The average Bonchev–Trinajstić information content (AvgIpc) is 3.01. The molecule has 0 spiro atoms. The first-order valence-electron chi connectivity index (χ1n) is 6.59. The maximum absolute atomic E-state index is 5.39. The largest absolute Gasteiger partial charge is 0.316 e. The van der Waals surface area contributed by atoms with Crippen LogP contribution in [-0.4, -0.2) is 37.6 Å². The molecule has 1 N–H and O–H groups in total. The van der Waals surface area contributed by atoms with Crippen LogP contribution in [0.1, 0.15) is 33.1 Å². The smallest absolute Gasteiger partial charge is 0.0599 e. The molecule has 0 aromatic heterocycles. The molecule has 0 radical (unpaired) electrons. The van der Waals surface area contributed by atoms with Gasteiger partial charge < -0.3 is 5.32 Å². The molecule has 2 heteroatoms. The molecule has 0 atom stereocenters. The van der Waals surface area contributed by atoms with Crippen molar-refractivity contribution < 1.29 is 0 Å². The van der Waals surface area contributed by atoms with E-state index in [0.717, 1.165) is 38.0 Å². The van der Waals surface area contributed by atoms with Crippen LogP contribution in [-0.2, 0) is 0 Å². The summed E-state index contributed by atoms with van der Waals surface area (Å²) in [6.45, 7) is 9.90. The van der Waals surface area contributed by atoms with Crippen LogP contribution >= 0.6 is 0 Å². The number of nitrogens with zero attached hydrogens (tertiary/aromatic N) is 1. The summed E-state index contributed by atoms with van der Waals surface area (Å²) < 4.78 is 0. The highest BCUT2D eigenvalue weighted by Crippen LogP contribution is 2.29. The van der Waals surface area contributed by atoms with E-state index < -0.39 is 0 Å². The molecule has 0 unspecified atom stereocenters. The molecule has 0 heterocycles. The zero-order valence-electron chi connectivity index (χ0n) is 10.8. The summed E-state index contributed by atoms with van der Waals surface area (Å²) in [5.74, 6) is 4.45. The van der Waals surface area contributed by atoms with Crippen molar-refractivity contribution in [3.8, 4) is 12.3 Å². The minimum atomic E-state index is 0.744. The molecular weight excluding hydrogens is 196 g/mol. The Morgan fingerprint density at radius 3 is 2.75 bits per heavy atom. The normalized spacial score (nSPS) is 15.7. The minimum absolute atomic E-state index is 0.744. The molecule has 0 bridgehead atoms. The summed E-state index contributed by atoms with van der Waals surface area (Å²) in [6, 6.07) is 0. The van der Waals surface area contributed by atoms with Gasteiger partial charge in [0.15, 0.2) is 0 Å². The second-order valence-electron chi connectivity index (χ2n) is 5.33. The number of hydrogen-bond donors (Lipinski definition) is 1. The van der Waals surface area contributed by atoms with E-state index in [4.69, 9.17) is 6.42 Å². The predicted molar refractivity (Wildman–Crippen MR) is 70.3 cm³/mol. The third-order valence-corrected chi connectivity index (χ3v) is 2.91. The molecule has 0 aromatic rings. The van der Waals surface area contributed by atoms with Crippen molar-refractivity contribution >= 4 is 0 Å². The minimum Gasteiger partial charge on any atom is -0.316 e. The first kappa shape index (κ1) is 13.5. The highest BCUT2D eigenvalue weighted by atomic mass is 15.1. The van der Waals surface area contributed by atoms with Gasteiger partial charge in [-0.05, 0) is 44.2 Å². The van der Waals surface area contributed by atoms with Gasteiger partial charge in [-0.15, -0.1) is 6.42 Å². The van der Waals surface area contributed by atoms with Crippen LogP contribution in [0.3, 0.4) is 0 Å². The number of terminal acetylenes is 1. The Kier molecular flexibility index (Phi) is 6.52. The number of nitrogens with one attached hydrogen (secondary N) is 1. The van der Waals surface area contributed by atoms with E-state index in [-0.39, 0.29) is 0 Å². The van der Waals surface area contributed by atoms with Crippen LogP contribution in [0.15, 0.2) is 0 Å². The van der Waals surface area contributed by atoms with E-state index in [1.807, 2.05) is 0 Å². The van der Waals surface area contributed by atoms with E-state index >= 15 is 0 Å². The van der Waals surface area contributed by atoms with Crippen molar-refractivity contribution in [2.45, 2.75) is 33.1 Å². The Labute approximate surface area is 101 Å². The van der Waals surface area contributed by atoms with Crippen molar-refractivity contribution in [2.24, 2.45) is 11.8 Å². The van der Waals surface area contributed by atoms with Crippen molar-refractivity contribution in [3.05, 3.63) is 0 Å². The molecule has 0 aromatic carbocycles. The third-order valence-electron chi connectivity index (χ3n) is 2.91. The maximum Gasteiger partial charge on any atom is 0.0599 e. The van der Waals surface area contributed by atoms with Crippen LogP contribution in [0, 0.1) is 24.2 Å². The van der Waals surface area contributed by atoms with Gasteiger partial charge in [0.05, 0.1) is 6.54 Å². The van der Waals surface area contributed by atoms with E-state index in [9.17, 15) is 0 Å². The zero-order valence-corrected chi connectivity index (χ0v) is 10.8. The third kappa shape index (κ3) is 6.87. The lowest BCUT2D eigenvalue weighted by Gasteiger charge is -2.19. The van der Waals surface area contributed by atoms with Crippen LogP contribution in [0.25, 0.3) is 0 Å². The quantitative estimate of drug-likeness (QED) is 0.474. The maximum atomic E-state index is 5.39. The van der Waals surface area contributed by atoms with Crippen LogP contribution in [0.2, 0.25) is 0 Å². The highest BCUT2D eigenvalue weighted by molar-refractivity contribution is 4.90. The Hall–Kier alpha value is -0.520. The van der Waals surface area contributed by atoms with Crippen molar-refractivity contribution in [1.82, 2.24) is 10.2 Å². The highest BCUT2D eigenvalue weighted by Gasteiger charge is 2.23. The summed E-state index contributed by atoms with van der Waals surface area (Å²) in [6.07, 6.45) is 9.42. The molecule has 2 nitrogen and oxygen atoms in total. The number of hydrogen-bond acceptors (Lipinski definition) is 2. The Balaban J connectivity index is 2.00. The first-order chi connectivity index (χ1) is 7.72. The molecule has 1 fully saturated rings. The van der Waals surface area contributed by atoms with Gasteiger partial charge >= 0.3 is 0 Å². The average molecular weight is 222 g/mol. The monoisotopic (exact) mass is 222 g/mol. The van der Waals surface area contributed by atoms with Gasteiger partial charge in [-0.25, -0.2) is 0 Å². The fourth-order valence-electron chi connectivity index (χ4n) is 1.85. The van der Waals surface area contributed by atoms with Crippen molar-refractivity contribution in [1.29, 1.82) is 0 Å². The van der Waals surface area contributed by atoms with Crippen molar-refractivity contribution in [3.63, 3.8) is 0 Å². The van der Waals surface area contributed by atoms with Crippen LogP contribution in [0.4, 0.5) is 0 Å². The predicted octanol–water partition coefficient (Wildman–Crippen LogP) is 1.97. The molecular formula is C14H26N2. The lowest BCUT2D eigenvalue weighted by molar-refractivity contribution is 0.288. The fourth-order valence-corrected chi connectivity index (χ4v) is 1.85. The van der Waals surface area contributed by atoms with Gasteiger partial charge in [-0.2, -0.15) is 0 Å². The Morgan fingerprint density at radius 2 is 2.19 bits per heavy atom. The molecule has 16 heavy (non-hydrogen) atoms. The summed E-state index contributed by atoms with van der Waals surface area (Å²) in [5.41, 5.74) is 0. The zero-order chi connectivity index (χ0) is 11.8. The van der Waals surface area contributed by atoms with Gasteiger partial charge in [0, 0.05) is 13.1 Å². The first-order valence-corrected chi connectivity index (χ1v) is 6.59. The summed E-state index contributed by atoms with van der Waals surface area (Å²) in [4.78, 5) is 2.43. The lowest BCUT2D eigenvalue weighted by Crippen LogP contribution is -2.30. The SMILES string of the molecule is C#CCN(CCCNCC(C)C)CC1CC1. The summed E-state index contributed by atoms with van der Waals surface area (Å²) >= 11 is 0. The molecule has 0 aliphatic heterocycles. The van der Waals surface area contributed by atoms with E-state index in [1.165, 1.54) is 25.8 Å². The van der Waals surface area contributed by atoms with Crippen LogP contribution in [0.5, 0.6) is 0 Å². The molecule has 1 rings (SSSR count). The summed E-state index contributed by atoms with van der Waals surface area (Å²) in [5, 5.41) is 3.47.